The van der Waals surface area contributed by atoms with E-state index in [4.69, 9.17) is 0 Å². The fourth-order valence-electron chi connectivity index (χ4n) is 4.72. The van der Waals surface area contributed by atoms with Gasteiger partial charge in [0.25, 0.3) is 0 Å². The van der Waals surface area contributed by atoms with E-state index in [9.17, 15) is 24.6 Å². The second-order valence-corrected chi connectivity index (χ2v) is 8.67. The summed E-state index contributed by atoms with van der Waals surface area (Å²) in [5.74, 6) is -3.11. The second-order valence-electron chi connectivity index (χ2n) is 8.67. The normalized spacial score (nSPS) is 12.5. The Morgan fingerprint density at radius 2 is 0.806 bits per heavy atom. The number of carbonyl (C=O) groups excluding carboxylic acids is 3. The van der Waals surface area contributed by atoms with E-state index >= 15 is 0 Å². The quantitative estimate of drug-likeness (QED) is 0.302. The smallest absolute Gasteiger partial charge is 0.160 e. The summed E-state index contributed by atoms with van der Waals surface area (Å²) < 4.78 is 0. The van der Waals surface area contributed by atoms with Gasteiger partial charge in [-0.1, -0.05) is 84.9 Å². The fourth-order valence-corrected chi connectivity index (χ4v) is 4.72. The lowest BCUT2D eigenvalue weighted by Gasteiger charge is -2.27. The number of carbonyl (C=O) groups is 3. The van der Waals surface area contributed by atoms with Crippen molar-refractivity contribution in [3.8, 4) is 11.5 Å². The maximum atomic E-state index is 14.7. The van der Waals surface area contributed by atoms with Gasteiger partial charge < -0.3 is 10.2 Å². The van der Waals surface area contributed by atoms with E-state index < -0.39 is 11.8 Å². The van der Waals surface area contributed by atoms with Gasteiger partial charge in [-0.05, 0) is 37.1 Å². The van der Waals surface area contributed by atoms with Gasteiger partial charge in [0.1, 0.15) is 11.5 Å². The highest BCUT2D eigenvalue weighted by Crippen LogP contribution is 2.42. The van der Waals surface area contributed by atoms with Gasteiger partial charge in [-0.25, -0.2) is 0 Å². The topological polar surface area (TPSA) is 91.7 Å². The molecule has 5 heteroatoms. The van der Waals surface area contributed by atoms with Crippen LogP contribution in [0, 0.1) is 0 Å². The molecule has 0 aliphatic heterocycles. The van der Waals surface area contributed by atoms with E-state index in [1.807, 2.05) is 0 Å². The molecule has 0 aromatic heterocycles. The van der Waals surface area contributed by atoms with Crippen molar-refractivity contribution in [3.05, 3.63) is 130 Å². The third-order valence-corrected chi connectivity index (χ3v) is 6.37. The van der Waals surface area contributed by atoms with Gasteiger partial charge in [-0.15, -0.1) is 0 Å². The molecule has 0 fully saturated rings. The molecule has 0 spiro atoms. The van der Waals surface area contributed by atoms with Gasteiger partial charge in [-0.3, -0.25) is 14.4 Å². The molecule has 2 unspecified atom stereocenters. The Kier molecular flexibility index (Phi) is 7.11. The number of hydrogen-bond donors (Lipinski definition) is 2. The standard InChI is InChI=1S/C31H26O5/c1-19(32)21-11-3-5-13-23(21)29(25-15-7-9-17-27(25)34)31(36)30(26-16-8-10-18-28(26)35)24-14-6-4-12-22(24)20(2)33/h3-18,29-30,34-35H,1-2H3. The minimum atomic E-state index is -1.05. The molecule has 4 rings (SSSR count). The first-order valence-corrected chi connectivity index (χ1v) is 11.6. The Bertz CT molecular complexity index is 1340. The summed E-state index contributed by atoms with van der Waals surface area (Å²) in [5.41, 5.74) is 2.26. The van der Waals surface area contributed by atoms with Crippen LogP contribution in [0.1, 0.15) is 68.7 Å². The third kappa shape index (κ3) is 4.68. The lowest BCUT2D eigenvalue weighted by molar-refractivity contribution is -0.120. The van der Waals surface area contributed by atoms with E-state index in [2.05, 4.69) is 0 Å². The molecule has 5 nitrogen and oxygen atoms in total. The zero-order chi connectivity index (χ0) is 25.8. The number of Topliss-reactive ketones (excluding diaryl/α,β-unsaturated/α-hetero) is 3. The minimum Gasteiger partial charge on any atom is -0.508 e. The molecule has 0 aliphatic rings. The van der Waals surface area contributed by atoms with Crippen LogP contribution in [0.15, 0.2) is 97.1 Å². The lowest BCUT2D eigenvalue weighted by Crippen LogP contribution is -2.25. The molecule has 2 atom stereocenters. The van der Waals surface area contributed by atoms with Crippen molar-refractivity contribution >= 4 is 17.3 Å². The van der Waals surface area contributed by atoms with Crippen LogP contribution in [-0.2, 0) is 4.79 Å². The first-order chi connectivity index (χ1) is 17.3. The molecular weight excluding hydrogens is 452 g/mol. The van der Waals surface area contributed by atoms with Crippen LogP contribution in [0.5, 0.6) is 11.5 Å². The maximum absolute atomic E-state index is 14.7. The summed E-state index contributed by atoms with van der Waals surface area (Å²) in [4.78, 5) is 39.8. The summed E-state index contributed by atoms with van der Waals surface area (Å²) in [5, 5.41) is 21.6. The van der Waals surface area contributed by atoms with Crippen molar-refractivity contribution < 1.29 is 24.6 Å². The highest BCUT2D eigenvalue weighted by atomic mass is 16.3. The number of phenolic OH excluding ortho intramolecular Hbond substituents is 2. The summed E-state index contributed by atoms with van der Waals surface area (Å²) in [6, 6.07) is 26.6. The van der Waals surface area contributed by atoms with Crippen molar-refractivity contribution in [2.45, 2.75) is 25.7 Å². The average molecular weight is 479 g/mol. The largest absolute Gasteiger partial charge is 0.508 e. The summed E-state index contributed by atoms with van der Waals surface area (Å²) >= 11 is 0. The Balaban J connectivity index is 2.04. The average Bonchev–Trinajstić information content (AvgIpc) is 2.87. The SMILES string of the molecule is CC(=O)c1ccccc1C(C(=O)C(c1ccccc1O)c1ccccc1C(C)=O)c1ccccc1O. The van der Waals surface area contributed by atoms with E-state index in [0.717, 1.165) is 0 Å². The van der Waals surface area contributed by atoms with Gasteiger partial charge in [0, 0.05) is 22.3 Å². The summed E-state index contributed by atoms with van der Waals surface area (Å²) in [6.07, 6.45) is 0. The van der Waals surface area contributed by atoms with Gasteiger partial charge in [-0.2, -0.15) is 0 Å². The number of rotatable bonds is 8. The Hall–Kier alpha value is -4.51. The Morgan fingerprint density at radius 1 is 0.500 bits per heavy atom. The zero-order valence-corrected chi connectivity index (χ0v) is 20.0. The molecule has 0 radical (unpaired) electrons. The number of aromatic hydroxyl groups is 2. The predicted octanol–water partition coefficient (Wildman–Crippen LogP) is 6.04. The van der Waals surface area contributed by atoms with Crippen LogP contribution in [-0.4, -0.2) is 27.6 Å². The van der Waals surface area contributed by atoms with Crippen molar-refractivity contribution in [1.29, 1.82) is 0 Å². The molecule has 0 aliphatic carbocycles. The first-order valence-electron chi connectivity index (χ1n) is 11.6. The fraction of sp³-hybridized carbons (Fsp3) is 0.129. The molecular formula is C31H26O5. The van der Waals surface area contributed by atoms with Crippen LogP contribution >= 0.6 is 0 Å². The van der Waals surface area contributed by atoms with E-state index in [0.29, 0.717) is 33.4 Å². The second kappa shape index (κ2) is 10.4. The van der Waals surface area contributed by atoms with E-state index in [1.54, 1.807) is 84.9 Å². The van der Waals surface area contributed by atoms with Gasteiger partial charge in [0.2, 0.25) is 0 Å². The number of para-hydroxylation sites is 2. The van der Waals surface area contributed by atoms with E-state index in [1.165, 1.54) is 26.0 Å². The monoisotopic (exact) mass is 478 g/mol. The van der Waals surface area contributed by atoms with Crippen LogP contribution in [0.4, 0.5) is 0 Å². The summed E-state index contributed by atoms with van der Waals surface area (Å²) in [6.45, 7) is 2.85. The summed E-state index contributed by atoms with van der Waals surface area (Å²) in [7, 11) is 0. The van der Waals surface area contributed by atoms with E-state index in [-0.39, 0.29) is 28.8 Å². The van der Waals surface area contributed by atoms with Crippen molar-refractivity contribution in [2.75, 3.05) is 0 Å². The van der Waals surface area contributed by atoms with Gasteiger partial charge >= 0.3 is 0 Å². The Labute approximate surface area is 209 Å². The molecule has 0 heterocycles. The predicted molar refractivity (Wildman–Crippen MR) is 138 cm³/mol. The molecule has 36 heavy (non-hydrogen) atoms. The molecule has 0 amide bonds. The number of ketones is 3. The molecule has 0 bridgehead atoms. The molecule has 4 aromatic rings. The number of phenols is 2. The van der Waals surface area contributed by atoms with Crippen molar-refractivity contribution in [3.63, 3.8) is 0 Å². The number of benzene rings is 4. The highest BCUT2D eigenvalue weighted by molar-refractivity contribution is 6.04. The lowest BCUT2D eigenvalue weighted by atomic mass is 9.74. The van der Waals surface area contributed by atoms with Crippen LogP contribution in [0.25, 0.3) is 0 Å². The zero-order valence-electron chi connectivity index (χ0n) is 20.0. The molecule has 2 N–H and O–H groups in total. The Morgan fingerprint density at radius 3 is 1.14 bits per heavy atom. The molecule has 180 valence electrons. The number of hydrogen-bond acceptors (Lipinski definition) is 5. The van der Waals surface area contributed by atoms with Gasteiger partial charge in [0.15, 0.2) is 17.3 Å². The first kappa shape index (κ1) is 24.6. The van der Waals surface area contributed by atoms with Crippen LogP contribution in [0.3, 0.4) is 0 Å². The maximum Gasteiger partial charge on any atom is 0.160 e. The molecule has 4 aromatic carbocycles. The molecule has 0 saturated carbocycles. The highest BCUT2D eigenvalue weighted by Gasteiger charge is 2.37. The third-order valence-electron chi connectivity index (χ3n) is 6.37. The van der Waals surface area contributed by atoms with Crippen molar-refractivity contribution in [1.82, 2.24) is 0 Å². The molecule has 0 saturated heterocycles. The van der Waals surface area contributed by atoms with Gasteiger partial charge in [0.05, 0.1) is 11.8 Å². The van der Waals surface area contributed by atoms with Crippen molar-refractivity contribution in [2.24, 2.45) is 0 Å². The van der Waals surface area contributed by atoms with Crippen LogP contribution < -0.4 is 0 Å². The van der Waals surface area contributed by atoms with Crippen LogP contribution in [0.2, 0.25) is 0 Å². The minimum absolute atomic E-state index is 0.0925.